The van der Waals surface area contributed by atoms with Crippen LogP contribution < -0.4 is 5.62 Å². The van der Waals surface area contributed by atoms with Crippen LogP contribution >= 0.6 is 23.2 Å². The molecule has 0 fully saturated rings. The van der Waals surface area contributed by atoms with Crippen LogP contribution in [0.2, 0.25) is 10.0 Å². The zero-order valence-electron chi connectivity index (χ0n) is 13.6. The maximum Gasteiger partial charge on any atom is 0.203 e. The average molecular weight is 378 g/mol. The molecular weight excluding hydrogens is 361 g/mol. The first kappa shape index (κ1) is 17.7. The largest absolute Gasteiger partial charge is 0.383 e. The second kappa shape index (κ2) is 7.44. The highest BCUT2D eigenvalue weighted by molar-refractivity contribution is 6.35. The quantitative estimate of drug-likeness (QED) is 0.664. The second-order valence-corrected chi connectivity index (χ2v) is 6.44. The summed E-state index contributed by atoms with van der Waals surface area (Å²) in [6.07, 6.45) is 0. The van der Waals surface area contributed by atoms with Crippen molar-refractivity contribution in [1.29, 1.82) is 5.41 Å². The van der Waals surface area contributed by atoms with Crippen LogP contribution in [0.25, 0.3) is 11.0 Å². The van der Waals surface area contributed by atoms with Gasteiger partial charge in [-0.05, 0) is 36.4 Å². The van der Waals surface area contributed by atoms with Crippen molar-refractivity contribution in [2.24, 2.45) is 0 Å². The third-order valence-corrected chi connectivity index (χ3v) is 4.58. The number of carbonyl (C=O) groups excluding carboxylic acids is 1. The first-order valence-electron chi connectivity index (χ1n) is 7.72. The molecule has 1 heterocycles. The van der Waals surface area contributed by atoms with Gasteiger partial charge in [0.2, 0.25) is 5.62 Å². The Balaban J connectivity index is 2.05. The van der Waals surface area contributed by atoms with E-state index < -0.39 is 0 Å². The zero-order valence-corrected chi connectivity index (χ0v) is 15.1. The highest BCUT2D eigenvalue weighted by Crippen LogP contribution is 2.23. The van der Waals surface area contributed by atoms with Crippen molar-refractivity contribution in [3.8, 4) is 0 Å². The molecule has 1 N–H and O–H groups in total. The zero-order chi connectivity index (χ0) is 18.0. The van der Waals surface area contributed by atoms with Gasteiger partial charge in [0, 0.05) is 24.2 Å². The lowest BCUT2D eigenvalue weighted by Crippen LogP contribution is -2.28. The van der Waals surface area contributed by atoms with Crippen LogP contribution in [0.3, 0.4) is 0 Å². The molecule has 0 aliphatic rings. The number of benzene rings is 2. The second-order valence-electron chi connectivity index (χ2n) is 5.59. The number of aromatic nitrogens is 2. The van der Waals surface area contributed by atoms with E-state index in [9.17, 15) is 4.79 Å². The molecule has 0 aliphatic carbocycles. The molecule has 3 aromatic rings. The third-order valence-electron chi connectivity index (χ3n) is 4.02. The molecule has 2 aromatic carbocycles. The lowest BCUT2D eigenvalue weighted by atomic mass is 10.1. The van der Waals surface area contributed by atoms with Crippen LogP contribution in [0, 0.1) is 5.41 Å². The minimum Gasteiger partial charge on any atom is -0.383 e. The van der Waals surface area contributed by atoms with Gasteiger partial charge in [-0.3, -0.25) is 10.2 Å². The molecule has 0 amide bonds. The van der Waals surface area contributed by atoms with E-state index in [1.807, 2.05) is 12.1 Å². The Morgan fingerprint density at radius 1 is 1.12 bits per heavy atom. The monoisotopic (exact) mass is 377 g/mol. The van der Waals surface area contributed by atoms with E-state index >= 15 is 0 Å². The van der Waals surface area contributed by atoms with Gasteiger partial charge in [-0.25, -0.2) is 0 Å². The highest BCUT2D eigenvalue weighted by Gasteiger charge is 2.16. The van der Waals surface area contributed by atoms with Gasteiger partial charge in [0.05, 0.1) is 29.2 Å². The SMILES string of the molecule is COCCn1c(=N)n(CC(=O)c2ccc(Cl)cc2)c2cccc(Cl)c21. The Morgan fingerprint density at radius 3 is 2.52 bits per heavy atom. The van der Waals surface area contributed by atoms with E-state index in [0.29, 0.717) is 28.8 Å². The molecule has 0 unspecified atom stereocenters. The van der Waals surface area contributed by atoms with Crippen LogP contribution in [0.1, 0.15) is 10.4 Å². The smallest absolute Gasteiger partial charge is 0.203 e. The summed E-state index contributed by atoms with van der Waals surface area (Å²) in [5.41, 5.74) is 2.24. The molecular formula is C18H17Cl2N3O2. The van der Waals surface area contributed by atoms with E-state index in [1.54, 1.807) is 46.6 Å². The van der Waals surface area contributed by atoms with Gasteiger partial charge < -0.3 is 13.9 Å². The van der Waals surface area contributed by atoms with Gasteiger partial charge in [-0.1, -0.05) is 29.3 Å². The first-order valence-corrected chi connectivity index (χ1v) is 8.48. The lowest BCUT2D eigenvalue weighted by molar-refractivity contribution is 0.0971. The van der Waals surface area contributed by atoms with Gasteiger partial charge in [0.25, 0.3) is 0 Å². The average Bonchev–Trinajstić information content (AvgIpc) is 2.87. The number of rotatable bonds is 6. The number of carbonyl (C=O) groups is 1. The normalized spacial score (nSPS) is 11.2. The number of hydrogen-bond acceptors (Lipinski definition) is 3. The summed E-state index contributed by atoms with van der Waals surface area (Å²) < 4.78 is 8.55. The number of hydrogen-bond donors (Lipinski definition) is 1. The minimum atomic E-state index is -0.0964. The molecule has 0 radical (unpaired) electrons. The molecule has 1 aromatic heterocycles. The van der Waals surface area contributed by atoms with Gasteiger partial charge in [0.15, 0.2) is 5.78 Å². The van der Waals surface area contributed by atoms with Crippen molar-refractivity contribution >= 4 is 40.0 Å². The summed E-state index contributed by atoms with van der Waals surface area (Å²) >= 11 is 12.2. The predicted molar refractivity (Wildman–Crippen MR) is 98.5 cm³/mol. The van der Waals surface area contributed by atoms with Crippen LogP contribution in [-0.2, 0) is 17.8 Å². The van der Waals surface area contributed by atoms with Crippen molar-refractivity contribution in [1.82, 2.24) is 9.13 Å². The standard InChI is InChI=1S/C18H17Cl2N3O2/c1-25-10-9-22-17-14(20)3-2-4-15(17)23(18(22)21)11-16(24)12-5-7-13(19)8-6-12/h2-8,21H,9-11H2,1H3. The number of fused-ring (bicyclic) bond motifs is 1. The van der Waals surface area contributed by atoms with Crippen molar-refractivity contribution in [3.63, 3.8) is 0 Å². The summed E-state index contributed by atoms with van der Waals surface area (Å²) in [7, 11) is 1.61. The number of Topliss-reactive ketones (excluding diaryl/α,β-unsaturated/α-hetero) is 1. The number of halogens is 2. The summed E-state index contributed by atoms with van der Waals surface area (Å²) in [6.45, 7) is 0.987. The number of nitrogens with zero attached hydrogens (tertiary/aromatic N) is 2. The number of ketones is 1. The van der Waals surface area contributed by atoms with E-state index in [0.717, 1.165) is 11.0 Å². The van der Waals surface area contributed by atoms with Gasteiger partial charge in [0.1, 0.15) is 0 Å². The highest BCUT2D eigenvalue weighted by atomic mass is 35.5. The van der Waals surface area contributed by atoms with E-state index in [2.05, 4.69) is 0 Å². The summed E-state index contributed by atoms with van der Waals surface area (Å²) in [5, 5.41) is 9.60. The molecule has 3 rings (SSSR count). The first-order chi connectivity index (χ1) is 12.0. The molecule has 5 nitrogen and oxygen atoms in total. The molecule has 0 aliphatic heterocycles. The molecule has 0 atom stereocenters. The van der Waals surface area contributed by atoms with Crippen LogP contribution in [0.4, 0.5) is 0 Å². The fourth-order valence-corrected chi connectivity index (χ4v) is 3.18. The van der Waals surface area contributed by atoms with Gasteiger partial charge in [-0.15, -0.1) is 0 Å². The Morgan fingerprint density at radius 2 is 1.84 bits per heavy atom. The Hall–Kier alpha value is -2.08. The van der Waals surface area contributed by atoms with Gasteiger partial charge in [-0.2, -0.15) is 0 Å². The maximum absolute atomic E-state index is 12.6. The molecule has 130 valence electrons. The molecule has 0 spiro atoms. The Labute approximate surface area is 154 Å². The molecule has 0 saturated heterocycles. The molecule has 25 heavy (non-hydrogen) atoms. The molecule has 0 bridgehead atoms. The Bertz CT molecular complexity index is 974. The fourth-order valence-electron chi connectivity index (χ4n) is 2.79. The summed E-state index contributed by atoms with van der Waals surface area (Å²) in [4.78, 5) is 12.6. The van der Waals surface area contributed by atoms with Crippen molar-refractivity contribution in [2.45, 2.75) is 13.1 Å². The van der Waals surface area contributed by atoms with Crippen LogP contribution in [0.5, 0.6) is 0 Å². The topological polar surface area (TPSA) is 60.0 Å². The molecule has 7 heteroatoms. The van der Waals surface area contributed by atoms with Gasteiger partial charge >= 0.3 is 0 Å². The van der Waals surface area contributed by atoms with E-state index in [1.165, 1.54) is 0 Å². The number of para-hydroxylation sites is 1. The number of methoxy groups -OCH3 is 1. The fraction of sp³-hybridized carbons (Fsp3) is 0.222. The van der Waals surface area contributed by atoms with E-state index in [4.69, 9.17) is 33.3 Å². The van der Waals surface area contributed by atoms with Crippen molar-refractivity contribution < 1.29 is 9.53 Å². The van der Waals surface area contributed by atoms with Crippen LogP contribution in [0.15, 0.2) is 42.5 Å². The number of ether oxygens (including phenoxy) is 1. The number of imidazole rings is 1. The third kappa shape index (κ3) is 3.49. The van der Waals surface area contributed by atoms with Crippen LogP contribution in [-0.4, -0.2) is 28.6 Å². The number of nitrogens with one attached hydrogen (secondary N) is 1. The maximum atomic E-state index is 12.6. The Kier molecular flexibility index (Phi) is 5.27. The summed E-state index contributed by atoms with van der Waals surface area (Å²) in [5.74, 6) is -0.0964. The van der Waals surface area contributed by atoms with E-state index in [-0.39, 0.29) is 17.9 Å². The lowest BCUT2D eigenvalue weighted by Gasteiger charge is -2.05. The van der Waals surface area contributed by atoms with Crippen molar-refractivity contribution in [2.75, 3.05) is 13.7 Å². The van der Waals surface area contributed by atoms with Crippen molar-refractivity contribution in [3.05, 3.63) is 63.7 Å². The minimum absolute atomic E-state index is 0.0529. The summed E-state index contributed by atoms with van der Waals surface area (Å²) in [6, 6.07) is 12.2. The molecule has 0 saturated carbocycles. The predicted octanol–water partition coefficient (Wildman–Crippen LogP) is 3.76.